The molecule has 26 heavy (non-hydrogen) atoms. The van der Waals surface area contributed by atoms with Gasteiger partial charge < -0.3 is 24.7 Å². The van der Waals surface area contributed by atoms with Gasteiger partial charge >= 0.3 is 5.97 Å². The number of aromatic amines is 1. The lowest BCUT2D eigenvalue weighted by molar-refractivity contribution is -0.907. The molecule has 3 N–H and O–H groups in total. The molecule has 0 bridgehead atoms. The summed E-state index contributed by atoms with van der Waals surface area (Å²) in [5.41, 5.74) is 0.947. The highest BCUT2D eigenvalue weighted by Gasteiger charge is 2.22. The zero-order valence-electron chi connectivity index (χ0n) is 14.7. The lowest BCUT2D eigenvalue weighted by Gasteiger charge is -2.23. The average Bonchev–Trinajstić information content (AvgIpc) is 2.99. The number of anilines is 1. The molecule has 140 valence electrons. The number of esters is 1. The van der Waals surface area contributed by atoms with Crippen molar-refractivity contribution in [3.63, 3.8) is 0 Å². The molecular weight excluding hydrogens is 341 g/mol. The normalized spacial score (nSPS) is 15.2. The number of benzene rings is 1. The van der Waals surface area contributed by atoms with Crippen LogP contribution in [0.4, 0.5) is 10.1 Å². The molecule has 3 rings (SSSR count). The molecular formula is C18H23FN3O4+. The van der Waals surface area contributed by atoms with Crippen molar-refractivity contribution in [1.82, 2.24) is 4.98 Å². The molecule has 0 aliphatic carbocycles. The fourth-order valence-corrected chi connectivity index (χ4v) is 3.05. The van der Waals surface area contributed by atoms with Crippen LogP contribution in [0.15, 0.2) is 18.2 Å². The first kappa shape index (κ1) is 18.3. The van der Waals surface area contributed by atoms with Gasteiger partial charge in [-0.1, -0.05) is 0 Å². The molecule has 8 heteroatoms. The van der Waals surface area contributed by atoms with E-state index in [9.17, 15) is 14.0 Å². The zero-order chi connectivity index (χ0) is 18.5. The van der Waals surface area contributed by atoms with Crippen LogP contribution in [0.5, 0.6) is 0 Å². The van der Waals surface area contributed by atoms with Gasteiger partial charge in [0.2, 0.25) is 5.91 Å². The summed E-state index contributed by atoms with van der Waals surface area (Å²) >= 11 is 0. The third-order valence-electron chi connectivity index (χ3n) is 4.41. The molecule has 2 heterocycles. The number of fused-ring (bicyclic) bond motifs is 1. The maximum atomic E-state index is 13.6. The number of rotatable bonds is 6. The standard InChI is InChI=1S/C18H22FN3O4/c1-2-26-18(24)17-16(13-11-12(19)3-4-14(13)20-17)21-15(23)5-6-22-7-9-25-10-8-22/h3-4,11,20H,2,5-10H2,1H3,(H,21,23)/p+1. The Hall–Kier alpha value is -2.45. The number of hydrogen-bond donors (Lipinski definition) is 3. The van der Waals surface area contributed by atoms with E-state index < -0.39 is 11.8 Å². The van der Waals surface area contributed by atoms with Gasteiger partial charge in [0.05, 0.1) is 38.5 Å². The van der Waals surface area contributed by atoms with Crippen LogP contribution in [0.25, 0.3) is 10.9 Å². The van der Waals surface area contributed by atoms with E-state index in [1.54, 1.807) is 6.92 Å². The van der Waals surface area contributed by atoms with Crippen molar-refractivity contribution in [2.75, 3.05) is 44.8 Å². The summed E-state index contributed by atoms with van der Waals surface area (Å²) in [7, 11) is 0. The molecule has 0 unspecified atom stereocenters. The Balaban J connectivity index is 1.77. The molecule has 1 aliphatic rings. The second-order valence-electron chi connectivity index (χ2n) is 6.20. The quantitative estimate of drug-likeness (QED) is 0.660. The van der Waals surface area contributed by atoms with Gasteiger partial charge in [-0.25, -0.2) is 9.18 Å². The first-order valence-electron chi connectivity index (χ1n) is 8.78. The smallest absolute Gasteiger partial charge is 0.356 e. The molecule has 0 saturated carbocycles. The van der Waals surface area contributed by atoms with Gasteiger partial charge in [0.1, 0.15) is 24.6 Å². The van der Waals surface area contributed by atoms with E-state index in [1.807, 2.05) is 0 Å². The lowest BCUT2D eigenvalue weighted by atomic mass is 10.2. The van der Waals surface area contributed by atoms with Gasteiger partial charge in [0.15, 0.2) is 0 Å². The molecule has 0 spiro atoms. The number of quaternary nitrogens is 1. The van der Waals surface area contributed by atoms with E-state index in [-0.39, 0.29) is 23.9 Å². The number of halogens is 1. The van der Waals surface area contributed by atoms with Gasteiger partial charge in [-0.15, -0.1) is 0 Å². The number of aromatic nitrogens is 1. The van der Waals surface area contributed by atoms with Crippen LogP contribution >= 0.6 is 0 Å². The highest BCUT2D eigenvalue weighted by molar-refractivity contribution is 6.10. The third-order valence-corrected chi connectivity index (χ3v) is 4.41. The Labute approximate surface area is 150 Å². The van der Waals surface area contributed by atoms with E-state index >= 15 is 0 Å². The van der Waals surface area contributed by atoms with Crippen LogP contribution in [0.1, 0.15) is 23.8 Å². The number of nitrogens with one attached hydrogen (secondary N) is 3. The van der Waals surface area contributed by atoms with E-state index in [2.05, 4.69) is 10.3 Å². The summed E-state index contributed by atoms with van der Waals surface area (Å²) in [5, 5.41) is 3.20. The molecule has 1 amide bonds. The number of carbonyl (C=O) groups excluding carboxylic acids is 2. The summed E-state index contributed by atoms with van der Waals surface area (Å²) in [6.07, 6.45) is 0.305. The molecule has 7 nitrogen and oxygen atoms in total. The highest BCUT2D eigenvalue weighted by Crippen LogP contribution is 2.29. The van der Waals surface area contributed by atoms with Crippen molar-refractivity contribution in [2.24, 2.45) is 0 Å². The number of ether oxygens (including phenoxy) is 2. The molecule has 0 radical (unpaired) electrons. The monoisotopic (exact) mass is 364 g/mol. The second kappa shape index (κ2) is 8.29. The lowest BCUT2D eigenvalue weighted by Crippen LogP contribution is -3.14. The van der Waals surface area contributed by atoms with Crippen molar-refractivity contribution >= 4 is 28.5 Å². The van der Waals surface area contributed by atoms with Crippen LogP contribution in [-0.2, 0) is 14.3 Å². The topological polar surface area (TPSA) is 84.9 Å². The molecule has 1 aromatic carbocycles. The fraction of sp³-hybridized carbons (Fsp3) is 0.444. The Morgan fingerprint density at radius 3 is 2.85 bits per heavy atom. The maximum Gasteiger partial charge on any atom is 0.356 e. The Morgan fingerprint density at radius 2 is 2.12 bits per heavy atom. The van der Waals surface area contributed by atoms with Crippen molar-refractivity contribution in [2.45, 2.75) is 13.3 Å². The van der Waals surface area contributed by atoms with Crippen molar-refractivity contribution in [3.05, 3.63) is 29.7 Å². The minimum atomic E-state index is -0.585. The number of H-pyrrole nitrogens is 1. The average molecular weight is 364 g/mol. The molecule has 1 aliphatic heterocycles. The zero-order valence-corrected chi connectivity index (χ0v) is 14.7. The van der Waals surface area contributed by atoms with Gasteiger partial charge in [-0.05, 0) is 25.1 Å². The van der Waals surface area contributed by atoms with E-state index in [1.165, 1.54) is 23.1 Å². The van der Waals surface area contributed by atoms with Gasteiger partial charge in [0, 0.05) is 10.9 Å². The number of morpholine rings is 1. The van der Waals surface area contributed by atoms with Crippen LogP contribution in [0.3, 0.4) is 0 Å². The Bertz CT molecular complexity index is 799. The molecule has 2 aromatic rings. The van der Waals surface area contributed by atoms with Gasteiger partial charge in [-0.2, -0.15) is 0 Å². The first-order chi connectivity index (χ1) is 12.6. The van der Waals surface area contributed by atoms with Crippen LogP contribution in [-0.4, -0.2) is 56.3 Å². The third kappa shape index (κ3) is 4.20. The van der Waals surface area contributed by atoms with E-state index in [4.69, 9.17) is 9.47 Å². The number of hydrogen-bond acceptors (Lipinski definition) is 4. The Kier molecular flexibility index (Phi) is 5.85. The molecule has 1 aromatic heterocycles. The minimum absolute atomic E-state index is 0.125. The molecule has 0 atom stereocenters. The summed E-state index contributed by atoms with van der Waals surface area (Å²) in [6.45, 7) is 5.73. The van der Waals surface area contributed by atoms with Crippen molar-refractivity contribution in [1.29, 1.82) is 0 Å². The summed E-state index contributed by atoms with van der Waals surface area (Å²) in [5.74, 6) is -1.25. The first-order valence-corrected chi connectivity index (χ1v) is 8.78. The van der Waals surface area contributed by atoms with Gasteiger partial charge in [-0.3, -0.25) is 4.79 Å². The number of carbonyl (C=O) groups is 2. The largest absolute Gasteiger partial charge is 0.461 e. The van der Waals surface area contributed by atoms with E-state index in [0.29, 0.717) is 37.1 Å². The molecule has 1 saturated heterocycles. The predicted molar refractivity (Wildman–Crippen MR) is 93.8 cm³/mol. The summed E-state index contributed by atoms with van der Waals surface area (Å²) in [6, 6.07) is 4.11. The maximum absolute atomic E-state index is 13.6. The van der Waals surface area contributed by atoms with E-state index in [0.717, 1.165) is 13.1 Å². The predicted octanol–water partition coefficient (Wildman–Crippen LogP) is 0.727. The second-order valence-corrected chi connectivity index (χ2v) is 6.20. The highest BCUT2D eigenvalue weighted by atomic mass is 19.1. The van der Waals surface area contributed by atoms with Crippen LogP contribution in [0, 0.1) is 5.82 Å². The van der Waals surface area contributed by atoms with Crippen LogP contribution in [0.2, 0.25) is 0 Å². The Morgan fingerprint density at radius 1 is 1.35 bits per heavy atom. The SMILES string of the molecule is CCOC(=O)c1[nH]c2ccc(F)cc2c1NC(=O)CC[NH+]1CCOCC1. The summed E-state index contributed by atoms with van der Waals surface area (Å²) < 4.78 is 24.0. The van der Waals surface area contributed by atoms with Crippen molar-refractivity contribution in [3.8, 4) is 0 Å². The van der Waals surface area contributed by atoms with Crippen LogP contribution < -0.4 is 10.2 Å². The summed E-state index contributed by atoms with van der Waals surface area (Å²) in [4.78, 5) is 28.8. The minimum Gasteiger partial charge on any atom is -0.461 e. The number of amides is 1. The fourth-order valence-electron chi connectivity index (χ4n) is 3.05. The van der Waals surface area contributed by atoms with Crippen molar-refractivity contribution < 1.29 is 28.4 Å². The van der Waals surface area contributed by atoms with Gasteiger partial charge in [0.25, 0.3) is 0 Å². The molecule has 1 fully saturated rings.